The molecule has 0 aliphatic carbocycles. The Labute approximate surface area is 125 Å². The summed E-state index contributed by atoms with van der Waals surface area (Å²) >= 11 is 12.2. The van der Waals surface area contributed by atoms with Crippen molar-refractivity contribution >= 4 is 46.4 Å². The van der Waals surface area contributed by atoms with Crippen molar-refractivity contribution in [3.05, 3.63) is 47.2 Å². The third-order valence-electron chi connectivity index (χ3n) is 2.59. The topological polar surface area (TPSA) is 12.4 Å². The SMILES string of the molecule is CSc1ccc(-c2ccc(N=C=S)cc2Cl)c(F)c1. The summed E-state index contributed by atoms with van der Waals surface area (Å²) in [6.45, 7) is 0. The van der Waals surface area contributed by atoms with Gasteiger partial charge in [-0.3, -0.25) is 0 Å². The fourth-order valence-corrected chi connectivity index (χ4v) is 2.49. The summed E-state index contributed by atoms with van der Waals surface area (Å²) in [6, 6.07) is 10.2. The standard InChI is InChI=1S/C14H9ClFNS2/c1-19-10-3-5-12(14(16)7-10)11-4-2-9(17-8-18)6-13(11)15/h2-7H,1H3. The first-order chi connectivity index (χ1) is 9.15. The Balaban J connectivity index is 2.50. The maximum atomic E-state index is 14.0. The van der Waals surface area contributed by atoms with Crippen LogP contribution in [0.4, 0.5) is 10.1 Å². The molecular weight excluding hydrogens is 301 g/mol. The molecule has 0 saturated heterocycles. The van der Waals surface area contributed by atoms with Gasteiger partial charge >= 0.3 is 0 Å². The first kappa shape index (κ1) is 14.2. The molecule has 0 atom stereocenters. The summed E-state index contributed by atoms with van der Waals surface area (Å²) in [6.07, 6.45) is 1.90. The summed E-state index contributed by atoms with van der Waals surface area (Å²) in [5, 5.41) is 2.70. The van der Waals surface area contributed by atoms with E-state index in [0.29, 0.717) is 21.8 Å². The van der Waals surface area contributed by atoms with Crippen LogP contribution in [-0.4, -0.2) is 11.4 Å². The number of aliphatic imine (C=N–C) groups is 1. The van der Waals surface area contributed by atoms with Crippen molar-refractivity contribution in [2.45, 2.75) is 4.90 Å². The molecule has 2 aromatic rings. The molecular formula is C14H9ClFNS2. The van der Waals surface area contributed by atoms with Gasteiger partial charge in [-0.15, -0.1) is 11.8 Å². The summed E-state index contributed by atoms with van der Waals surface area (Å²) in [4.78, 5) is 4.71. The Morgan fingerprint density at radius 3 is 2.53 bits per heavy atom. The maximum Gasteiger partial charge on any atom is 0.132 e. The van der Waals surface area contributed by atoms with Gasteiger partial charge in [-0.2, -0.15) is 4.99 Å². The molecule has 0 N–H and O–H groups in total. The fraction of sp³-hybridized carbons (Fsp3) is 0.0714. The van der Waals surface area contributed by atoms with Gasteiger partial charge in [-0.1, -0.05) is 23.7 Å². The maximum absolute atomic E-state index is 14.0. The zero-order valence-electron chi connectivity index (χ0n) is 9.98. The van der Waals surface area contributed by atoms with Gasteiger partial charge in [-0.05, 0) is 42.7 Å². The van der Waals surface area contributed by atoms with Gasteiger partial charge in [0.15, 0.2) is 0 Å². The van der Waals surface area contributed by atoms with Crippen molar-refractivity contribution in [1.29, 1.82) is 0 Å². The van der Waals surface area contributed by atoms with E-state index in [1.54, 1.807) is 24.3 Å². The summed E-state index contributed by atoms with van der Waals surface area (Å²) in [5.41, 5.74) is 1.71. The molecule has 0 amide bonds. The van der Waals surface area contributed by atoms with E-state index in [9.17, 15) is 4.39 Å². The van der Waals surface area contributed by atoms with Crippen LogP contribution >= 0.6 is 35.6 Å². The first-order valence-corrected chi connectivity index (χ1v) is 7.38. The molecule has 1 nitrogen and oxygen atoms in total. The van der Waals surface area contributed by atoms with Gasteiger partial charge in [0.05, 0.1) is 15.9 Å². The van der Waals surface area contributed by atoms with Crippen molar-refractivity contribution in [3.8, 4) is 11.1 Å². The number of benzene rings is 2. The van der Waals surface area contributed by atoms with Crippen LogP contribution in [0, 0.1) is 5.82 Å². The molecule has 0 radical (unpaired) electrons. The zero-order chi connectivity index (χ0) is 13.8. The zero-order valence-corrected chi connectivity index (χ0v) is 12.4. The molecule has 0 aromatic heterocycles. The smallest absolute Gasteiger partial charge is 0.132 e. The van der Waals surface area contributed by atoms with Crippen molar-refractivity contribution in [1.82, 2.24) is 0 Å². The van der Waals surface area contributed by atoms with E-state index >= 15 is 0 Å². The Morgan fingerprint density at radius 2 is 1.95 bits per heavy atom. The summed E-state index contributed by atoms with van der Waals surface area (Å²) < 4.78 is 14.0. The number of halogens is 2. The average Bonchev–Trinajstić information content (AvgIpc) is 2.40. The number of thioether (sulfide) groups is 1. The highest BCUT2D eigenvalue weighted by molar-refractivity contribution is 7.98. The lowest BCUT2D eigenvalue weighted by atomic mass is 10.0. The van der Waals surface area contributed by atoms with Crippen LogP contribution in [0.3, 0.4) is 0 Å². The van der Waals surface area contributed by atoms with E-state index in [2.05, 4.69) is 22.4 Å². The molecule has 96 valence electrons. The van der Waals surface area contributed by atoms with E-state index in [-0.39, 0.29) is 5.82 Å². The Hall–Kier alpha value is -1.19. The third kappa shape index (κ3) is 3.23. The highest BCUT2D eigenvalue weighted by atomic mass is 35.5. The van der Waals surface area contributed by atoms with Gasteiger partial charge in [0.25, 0.3) is 0 Å². The van der Waals surface area contributed by atoms with Crippen molar-refractivity contribution in [2.75, 3.05) is 6.26 Å². The van der Waals surface area contributed by atoms with Gasteiger partial charge in [-0.25, -0.2) is 4.39 Å². The van der Waals surface area contributed by atoms with Gasteiger partial charge in [0.2, 0.25) is 0 Å². The van der Waals surface area contributed by atoms with Crippen molar-refractivity contribution in [2.24, 2.45) is 4.99 Å². The molecule has 2 rings (SSSR count). The molecule has 0 heterocycles. The normalized spacial score (nSPS) is 10.1. The van der Waals surface area contributed by atoms with Gasteiger partial charge in [0, 0.05) is 16.0 Å². The highest BCUT2D eigenvalue weighted by Gasteiger charge is 2.10. The van der Waals surface area contributed by atoms with Crippen LogP contribution in [0.2, 0.25) is 5.02 Å². The fourth-order valence-electron chi connectivity index (χ4n) is 1.69. The lowest BCUT2D eigenvalue weighted by Crippen LogP contribution is -1.86. The van der Waals surface area contributed by atoms with Gasteiger partial charge < -0.3 is 0 Å². The summed E-state index contributed by atoms with van der Waals surface area (Å²) in [7, 11) is 0. The molecule has 0 unspecified atom stereocenters. The quantitative estimate of drug-likeness (QED) is 0.415. The number of nitrogens with zero attached hydrogens (tertiary/aromatic N) is 1. The van der Waals surface area contributed by atoms with Crippen LogP contribution in [0.15, 0.2) is 46.3 Å². The molecule has 0 spiro atoms. The lowest BCUT2D eigenvalue weighted by molar-refractivity contribution is 0.628. The van der Waals surface area contributed by atoms with E-state index in [1.807, 2.05) is 12.3 Å². The van der Waals surface area contributed by atoms with Crippen molar-refractivity contribution in [3.63, 3.8) is 0 Å². The Kier molecular flexibility index (Phi) is 4.72. The predicted octanol–water partition coefficient (Wildman–Crippen LogP) is 5.60. The monoisotopic (exact) mass is 309 g/mol. The number of hydrogen-bond acceptors (Lipinski definition) is 3. The molecule has 0 bridgehead atoms. The molecule has 19 heavy (non-hydrogen) atoms. The Bertz CT molecular complexity index is 666. The lowest BCUT2D eigenvalue weighted by Gasteiger charge is -2.07. The average molecular weight is 310 g/mol. The third-order valence-corrected chi connectivity index (χ3v) is 3.72. The second-order valence-corrected chi connectivity index (χ2v) is 5.18. The molecule has 5 heteroatoms. The number of thiocarbonyl (C=S) groups is 1. The highest BCUT2D eigenvalue weighted by Crippen LogP contribution is 2.34. The van der Waals surface area contributed by atoms with Crippen LogP contribution in [0.25, 0.3) is 11.1 Å². The Morgan fingerprint density at radius 1 is 1.21 bits per heavy atom. The minimum Gasteiger partial charge on any atom is -0.206 e. The minimum atomic E-state index is -0.292. The number of isothiocyanates is 1. The van der Waals surface area contributed by atoms with E-state index < -0.39 is 0 Å². The van der Waals surface area contributed by atoms with Gasteiger partial charge in [0.1, 0.15) is 5.82 Å². The summed E-state index contributed by atoms with van der Waals surface area (Å²) in [5.74, 6) is -0.292. The first-order valence-electron chi connectivity index (χ1n) is 5.37. The second-order valence-electron chi connectivity index (χ2n) is 3.71. The van der Waals surface area contributed by atoms with Crippen molar-refractivity contribution < 1.29 is 4.39 Å². The predicted molar refractivity (Wildman–Crippen MR) is 83.3 cm³/mol. The van der Waals surface area contributed by atoms with E-state index in [0.717, 1.165) is 4.90 Å². The van der Waals surface area contributed by atoms with Crippen LogP contribution < -0.4 is 0 Å². The molecule has 0 aliphatic heterocycles. The number of rotatable bonds is 3. The number of hydrogen-bond donors (Lipinski definition) is 0. The molecule has 0 aliphatic rings. The minimum absolute atomic E-state index is 0.292. The van der Waals surface area contributed by atoms with E-state index in [4.69, 9.17) is 11.6 Å². The largest absolute Gasteiger partial charge is 0.206 e. The van der Waals surface area contributed by atoms with Crippen LogP contribution in [0.1, 0.15) is 0 Å². The van der Waals surface area contributed by atoms with Crippen LogP contribution in [0.5, 0.6) is 0 Å². The molecule has 0 fully saturated rings. The second kappa shape index (κ2) is 6.31. The molecule has 0 saturated carbocycles. The van der Waals surface area contributed by atoms with E-state index in [1.165, 1.54) is 17.8 Å². The molecule has 2 aromatic carbocycles. The van der Waals surface area contributed by atoms with Crippen LogP contribution in [-0.2, 0) is 0 Å².